The average molecular weight is 158 g/mol. The minimum atomic E-state index is 0.478. The van der Waals surface area contributed by atoms with E-state index < -0.39 is 0 Å². The summed E-state index contributed by atoms with van der Waals surface area (Å²) in [5.74, 6) is 0. The van der Waals surface area contributed by atoms with E-state index in [4.69, 9.17) is 9.78 Å². The zero-order valence-corrected chi connectivity index (χ0v) is 7.22. The maximum absolute atomic E-state index is 4.96. The van der Waals surface area contributed by atoms with Crippen molar-refractivity contribution in [3.63, 3.8) is 0 Å². The molecule has 0 saturated carbocycles. The Hall–Kier alpha value is -0.120. The molecule has 0 aromatic heterocycles. The third-order valence-electron chi connectivity index (χ3n) is 1.81. The van der Waals surface area contributed by atoms with Gasteiger partial charge in [0.1, 0.15) is 0 Å². The maximum Gasteiger partial charge on any atom is 0.200 e. The Morgan fingerprint density at radius 2 is 2.45 bits per heavy atom. The summed E-state index contributed by atoms with van der Waals surface area (Å²) in [5.41, 5.74) is 0. The molecule has 1 aliphatic heterocycles. The number of rotatable bonds is 3. The van der Waals surface area contributed by atoms with Crippen molar-refractivity contribution in [1.82, 2.24) is 5.32 Å². The van der Waals surface area contributed by atoms with Gasteiger partial charge in [-0.15, -0.1) is 0 Å². The zero-order valence-electron chi connectivity index (χ0n) is 7.22. The van der Waals surface area contributed by atoms with Crippen LogP contribution in [0.3, 0.4) is 0 Å². The first-order valence-corrected chi connectivity index (χ1v) is 4.24. The van der Waals surface area contributed by atoms with Crippen LogP contribution in [0.4, 0.5) is 0 Å². The zero-order chi connectivity index (χ0) is 8.10. The molecule has 0 amide bonds. The fourth-order valence-electron chi connectivity index (χ4n) is 0.919. The molecule has 1 saturated heterocycles. The fraction of sp³-hybridized carbons (Fsp3) is 0.875. The molecule has 0 aliphatic carbocycles. The van der Waals surface area contributed by atoms with Gasteiger partial charge in [0, 0.05) is 6.04 Å². The van der Waals surface area contributed by atoms with E-state index in [0.717, 1.165) is 25.5 Å². The van der Waals surface area contributed by atoms with E-state index in [1.54, 1.807) is 0 Å². The summed E-state index contributed by atoms with van der Waals surface area (Å²) < 4.78 is 0. The van der Waals surface area contributed by atoms with Crippen LogP contribution in [0.15, 0.2) is 0 Å². The van der Waals surface area contributed by atoms with Crippen molar-refractivity contribution in [2.24, 2.45) is 0 Å². The molecule has 1 fully saturated rings. The van der Waals surface area contributed by atoms with E-state index in [0.29, 0.717) is 12.6 Å². The van der Waals surface area contributed by atoms with Gasteiger partial charge in [-0.3, -0.25) is 5.32 Å². The van der Waals surface area contributed by atoms with Gasteiger partial charge >= 0.3 is 0 Å². The Kier molecular flexibility index (Phi) is 3.83. The second-order valence-corrected chi connectivity index (χ2v) is 2.89. The largest absolute Gasteiger partial charge is 0.281 e. The molecule has 65 valence electrons. The van der Waals surface area contributed by atoms with Crippen molar-refractivity contribution >= 4 is 0 Å². The standard InChI is InChI=1S/C8H16NO2/c1-3-7(2)9-8-5-4-6-10-11-8/h7,9H,3-6H2,1-2H3. The molecule has 1 N–H and O–H groups in total. The molecule has 0 bridgehead atoms. The van der Waals surface area contributed by atoms with Crippen LogP contribution >= 0.6 is 0 Å². The van der Waals surface area contributed by atoms with E-state index in [1.807, 2.05) is 0 Å². The molecule has 1 aliphatic rings. The van der Waals surface area contributed by atoms with E-state index in [9.17, 15) is 0 Å². The third-order valence-corrected chi connectivity index (χ3v) is 1.81. The molecule has 0 aromatic carbocycles. The molecular formula is C8H16NO2. The van der Waals surface area contributed by atoms with Crippen LogP contribution in [0.2, 0.25) is 0 Å². The molecule has 1 unspecified atom stereocenters. The Morgan fingerprint density at radius 1 is 1.64 bits per heavy atom. The molecule has 3 nitrogen and oxygen atoms in total. The van der Waals surface area contributed by atoms with Gasteiger partial charge in [0.15, 0.2) is 6.23 Å². The number of nitrogens with one attached hydrogen (secondary N) is 1. The Morgan fingerprint density at radius 3 is 3.00 bits per heavy atom. The first-order valence-electron chi connectivity index (χ1n) is 4.24. The first kappa shape index (κ1) is 8.97. The lowest BCUT2D eigenvalue weighted by Crippen LogP contribution is -2.33. The lowest BCUT2D eigenvalue weighted by atomic mass is 10.2. The van der Waals surface area contributed by atoms with Crippen LogP contribution in [0.1, 0.15) is 33.1 Å². The Balaban J connectivity index is 2.13. The highest BCUT2D eigenvalue weighted by Gasteiger charge is 2.17. The average Bonchev–Trinajstić information content (AvgIpc) is 2.06. The summed E-state index contributed by atoms with van der Waals surface area (Å²) in [6.07, 6.45) is 4.02. The van der Waals surface area contributed by atoms with E-state index in [2.05, 4.69) is 19.2 Å². The lowest BCUT2D eigenvalue weighted by Gasteiger charge is -2.23. The van der Waals surface area contributed by atoms with Crippen molar-refractivity contribution in [1.29, 1.82) is 0 Å². The summed E-state index contributed by atoms with van der Waals surface area (Å²) in [6.45, 7) is 4.98. The minimum Gasteiger partial charge on any atom is -0.281 e. The molecule has 1 atom stereocenters. The monoisotopic (exact) mass is 158 g/mol. The van der Waals surface area contributed by atoms with Crippen LogP contribution in [0.25, 0.3) is 0 Å². The van der Waals surface area contributed by atoms with Gasteiger partial charge in [-0.2, -0.15) is 0 Å². The SMILES string of the molecule is CCC(C)N[C]1CCCOO1. The summed E-state index contributed by atoms with van der Waals surface area (Å²) in [4.78, 5) is 9.78. The van der Waals surface area contributed by atoms with Crippen LogP contribution in [0.5, 0.6) is 0 Å². The molecule has 11 heavy (non-hydrogen) atoms. The van der Waals surface area contributed by atoms with E-state index in [-0.39, 0.29) is 0 Å². The lowest BCUT2D eigenvalue weighted by molar-refractivity contribution is -0.312. The van der Waals surface area contributed by atoms with Crippen LogP contribution in [0, 0.1) is 6.23 Å². The van der Waals surface area contributed by atoms with Crippen LogP contribution < -0.4 is 5.32 Å². The van der Waals surface area contributed by atoms with Gasteiger partial charge in [0.2, 0.25) is 0 Å². The molecule has 1 radical (unpaired) electrons. The second-order valence-electron chi connectivity index (χ2n) is 2.89. The van der Waals surface area contributed by atoms with E-state index in [1.165, 1.54) is 0 Å². The molecule has 0 spiro atoms. The number of hydrogen-bond acceptors (Lipinski definition) is 3. The van der Waals surface area contributed by atoms with Gasteiger partial charge < -0.3 is 0 Å². The quantitative estimate of drug-likeness (QED) is 0.633. The first-order chi connectivity index (χ1) is 5.33. The topological polar surface area (TPSA) is 30.5 Å². The maximum atomic E-state index is 4.96. The van der Waals surface area contributed by atoms with Crippen LogP contribution in [-0.4, -0.2) is 12.6 Å². The summed E-state index contributed by atoms with van der Waals surface area (Å²) in [6, 6.07) is 0.478. The Labute approximate surface area is 68.0 Å². The minimum absolute atomic E-state index is 0.478. The predicted molar refractivity (Wildman–Crippen MR) is 42.4 cm³/mol. The Bertz CT molecular complexity index is 102. The predicted octanol–water partition coefficient (Wildman–Crippen LogP) is 1.61. The third kappa shape index (κ3) is 3.18. The highest BCUT2D eigenvalue weighted by atomic mass is 17.2. The van der Waals surface area contributed by atoms with Crippen LogP contribution in [-0.2, 0) is 9.78 Å². The van der Waals surface area contributed by atoms with Crippen molar-refractivity contribution < 1.29 is 9.78 Å². The van der Waals surface area contributed by atoms with Gasteiger partial charge in [-0.1, -0.05) is 6.92 Å². The van der Waals surface area contributed by atoms with Gasteiger partial charge in [0.25, 0.3) is 0 Å². The van der Waals surface area contributed by atoms with Gasteiger partial charge in [-0.25, -0.2) is 9.78 Å². The smallest absolute Gasteiger partial charge is 0.200 e. The molecule has 0 aromatic rings. The molecule has 1 rings (SSSR count). The summed E-state index contributed by atoms with van der Waals surface area (Å²) in [5, 5.41) is 3.24. The van der Waals surface area contributed by atoms with Crippen molar-refractivity contribution in [2.45, 2.75) is 39.2 Å². The highest BCUT2D eigenvalue weighted by molar-refractivity contribution is 4.78. The molecular weight excluding hydrogens is 142 g/mol. The van der Waals surface area contributed by atoms with Gasteiger partial charge in [-0.05, 0) is 26.2 Å². The summed E-state index contributed by atoms with van der Waals surface area (Å²) >= 11 is 0. The number of hydrogen-bond donors (Lipinski definition) is 1. The molecule has 1 heterocycles. The van der Waals surface area contributed by atoms with E-state index >= 15 is 0 Å². The normalized spacial score (nSPS) is 23.5. The van der Waals surface area contributed by atoms with Crippen molar-refractivity contribution in [3.8, 4) is 0 Å². The highest BCUT2D eigenvalue weighted by Crippen LogP contribution is 2.15. The second kappa shape index (κ2) is 4.70. The van der Waals surface area contributed by atoms with Gasteiger partial charge in [0.05, 0.1) is 6.61 Å². The van der Waals surface area contributed by atoms with Crippen molar-refractivity contribution in [3.05, 3.63) is 6.23 Å². The van der Waals surface area contributed by atoms with Crippen molar-refractivity contribution in [2.75, 3.05) is 6.61 Å². The molecule has 3 heteroatoms. The summed E-state index contributed by atoms with van der Waals surface area (Å²) in [7, 11) is 0. The fourth-order valence-corrected chi connectivity index (χ4v) is 0.919.